The Morgan fingerprint density at radius 1 is 1.18 bits per heavy atom. The van der Waals surface area contributed by atoms with Gasteiger partial charge >= 0.3 is 5.97 Å². The summed E-state index contributed by atoms with van der Waals surface area (Å²) in [6.07, 6.45) is 1.43. The van der Waals surface area contributed by atoms with Crippen LogP contribution >= 0.6 is 12.2 Å². The first-order valence-corrected chi connectivity index (χ1v) is 8.64. The lowest BCUT2D eigenvalue weighted by molar-refractivity contribution is 0.0697. The van der Waals surface area contributed by atoms with E-state index in [9.17, 15) is 9.90 Å². The van der Waals surface area contributed by atoms with E-state index in [4.69, 9.17) is 17.3 Å². The Morgan fingerprint density at radius 2 is 1.86 bits per heavy atom. The summed E-state index contributed by atoms with van der Waals surface area (Å²) in [5.41, 5.74) is 5.25. The lowest BCUT2D eigenvalue weighted by Gasteiger charge is -2.07. The second kappa shape index (κ2) is 8.31. The number of nitrogens with one attached hydrogen (secondary N) is 2. The van der Waals surface area contributed by atoms with Crippen LogP contribution in [0.3, 0.4) is 0 Å². The number of carboxylic acids is 1. The van der Waals surface area contributed by atoms with Crippen molar-refractivity contribution in [2.75, 3.05) is 5.32 Å². The zero-order valence-electron chi connectivity index (χ0n) is 14.8. The van der Waals surface area contributed by atoms with Crippen molar-refractivity contribution in [3.8, 4) is 11.6 Å². The summed E-state index contributed by atoms with van der Waals surface area (Å²) in [4.78, 5) is 10.9. The van der Waals surface area contributed by atoms with E-state index in [0.29, 0.717) is 16.9 Å². The predicted octanol–water partition coefficient (Wildman–Crippen LogP) is 2.91. The lowest BCUT2D eigenvalue weighted by Crippen LogP contribution is -2.23. The molecule has 0 unspecified atom stereocenters. The summed E-state index contributed by atoms with van der Waals surface area (Å²) in [6, 6.07) is 15.4. The fourth-order valence-corrected chi connectivity index (χ4v) is 2.61. The first-order valence-electron chi connectivity index (χ1n) is 8.23. The molecule has 0 aliphatic rings. The van der Waals surface area contributed by atoms with Crippen molar-refractivity contribution >= 4 is 35.2 Å². The van der Waals surface area contributed by atoms with Crippen molar-refractivity contribution in [1.29, 1.82) is 0 Å². The third kappa shape index (κ3) is 4.33. The number of aryl methyl sites for hydroxylation is 1. The number of thiocarbonyl (C=S) groups is 1. The normalized spacial score (nSPS) is 10.8. The van der Waals surface area contributed by atoms with Crippen molar-refractivity contribution in [2.24, 2.45) is 5.10 Å². The molecular weight excluding hydrogens is 378 g/mol. The molecule has 3 rings (SSSR count). The third-order valence-corrected chi connectivity index (χ3v) is 4.02. The molecule has 0 atom stereocenters. The van der Waals surface area contributed by atoms with Crippen LogP contribution in [0.5, 0.6) is 5.88 Å². The largest absolute Gasteiger partial charge is 0.493 e. The third-order valence-electron chi connectivity index (χ3n) is 3.83. The molecule has 1 aromatic heterocycles. The number of rotatable bonds is 5. The van der Waals surface area contributed by atoms with Gasteiger partial charge in [0.15, 0.2) is 5.11 Å². The summed E-state index contributed by atoms with van der Waals surface area (Å²) in [6.45, 7) is 1.76. The molecule has 0 fully saturated rings. The Hall–Kier alpha value is -3.72. The maximum atomic E-state index is 10.9. The molecule has 0 amide bonds. The fourth-order valence-electron chi connectivity index (χ4n) is 2.44. The van der Waals surface area contributed by atoms with Gasteiger partial charge in [-0.2, -0.15) is 10.2 Å². The number of para-hydroxylation sites is 1. The molecule has 0 aliphatic heterocycles. The minimum atomic E-state index is -0.997. The van der Waals surface area contributed by atoms with E-state index in [-0.39, 0.29) is 16.6 Å². The van der Waals surface area contributed by atoms with Gasteiger partial charge in [0.05, 0.1) is 28.7 Å². The highest BCUT2D eigenvalue weighted by molar-refractivity contribution is 7.80. The molecule has 0 saturated carbocycles. The average molecular weight is 395 g/mol. The number of aromatic nitrogens is 2. The molecule has 9 heteroatoms. The summed E-state index contributed by atoms with van der Waals surface area (Å²) < 4.78 is 1.43. The average Bonchev–Trinajstić information content (AvgIpc) is 2.97. The highest BCUT2D eigenvalue weighted by Gasteiger charge is 2.13. The summed E-state index contributed by atoms with van der Waals surface area (Å²) in [7, 11) is 0. The Labute approximate surface area is 166 Å². The van der Waals surface area contributed by atoms with E-state index in [1.807, 2.05) is 30.3 Å². The molecule has 142 valence electrons. The quantitative estimate of drug-likeness (QED) is 0.299. The Bertz CT molecular complexity index is 1030. The molecule has 2 aromatic carbocycles. The van der Waals surface area contributed by atoms with Crippen LogP contribution in [-0.4, -0.2) is 37.3 Å². The van der Waals surface area contributed by atoms with Gasteiger partial charge in [-0.1, -0.05) is 18.2 Å². The molecule has 0 bridgehead atoms. The zero-order valence-corrected chi connectivity index (χ0v) is 15.6. The topological polar surface area (TPSA) is 112 Å². The number of anilines is 1. The van der Waals surface area contributed by atoms with Crippen LogP contribution in [0.25, 0.3) is 5.69 Å². The van der Waals surface area contributed by atoms with Crippen LogP contribution in [0.1, 0.15) is 21.6 Å². The highest BCUT2D eigenvalue weighted by Crippen LogP contribution is 2.22. The van der Waals surface area contributed by atoms with Crippen molar-refractivity contribution in [3.05, 3.63) is 71.4 Å². The molecule has 8 nitrogen and oxygen atoms in total. The van der Waals surface area contributed by atoms with Gasteiger partial charge in [-0.15, -0.1) is 0 Å². The van der Waals surface area contributed by atoms with Crippen molar-refractivity contribution in [3.63, 3.8) is 0 Å². The van der Waals surface area contributed by atoms with Crippen LogP contribution in [0.2, 0.25) is 0 Å². The van der Waals surface area contributed by atoms with E-state index < -0.39 is 5.97 Å². The highest BCUT2D eigenvalue weighted by atomic mass is 32.1. The van der Waals surface area contributed by atoms with Gasteiger partial charge < -0.3 is 15.5 Å². The Morgan fingerprint density at radius 3 is 2.50 bits per heavy atom. The maximum absolute atomic E-state index is 10.9. The Kier molecular flexibility index (Phi) is 5.66. The number of nitrogens with zero attached hydrogens (tertiary/aromatic N) is 3. The van der Waals surface area contributed by atoms with Gasteiger partial charge in [0, 0.05) is 5.69 Å². The Balaban J connectivity index is 1.65. The van der Waals surface area contributed by atoms with Crippen LogP contribution < -0.4 is 10.7 Å². The van der Waals surface area contributed by atoms with E-state index in [1.54, 1.807) is 19.1 Å². The minimum absolute atomic E-state index is 0.0302. The van der Waals surface area contributed by atoms with E-state index in [0.717, 1.165) is 5.69 Å². The molecular formula is C19H17N5O3S. The van der Waals surface area contributed by atoms with Gasteiger partial charge in [0.25, 0.3) is 0 Å². The van der Waals surface area contributed by atoms with Gasteiger partial charge in [0.2, 0.25) is 5.88 Å². The SMILES string of the molecule is Cc1nn(-c2ccccc2)c(O)c1C=NNC(=S)Nc1ccc(C(=O)O)cc1. The molecule has 0 saturated heterocycles. The zero-order chi connectivity index (χ0) is 20.1. The second-order valence-electron chi connectivity index (χ2n) is 5.78. The summed E-state index contributed by atoms with van der Waals surface area (Å²) in [5.74, 6) is -1.03. The number of carbonyl (C=O) groups is 1. The predicted molar refractivity (Wildman–Crippen MR) is 110 cm³/mol. The molecule has 28 heavy (non-hydrogen) atoms. The van der Waals surface area contributed by atoms with E-state index >= 15 is 0 Å². The molecule has 0 aliphatic carbocycles. The fraction of sp³-hybridized carbons (Fsp3) is 0.0526. The number of aromatic hydroxyl groups is 1. The first kappa shape index (κ1) is 19.1. The van der Waals surface area contributed by atoms with E-state index in [1.165, 1.54) is 23.0 Å². The summed E-state index contributed by atoms with van der Waals surface area (Å²) in [5, 5.41) is 30.8. The van der Waals surface area contributed by atoms with Crippen LogP contribution in [0.15, 0.2) is 59.7 Å². The number of benzene rings is 2. The first-order chi connectivity index (χ1) is 13.5. The van der Waals surface area contributed by atoms with Gasteiger partial charge in [-0.3, -0.25) is 5.43 Å². The van der Waals surface area contributed by atoms with Crippen LogP contribution in [0, 0.1) is 6.92 Å². The van der Waals surface area contributed by atoms with Gasteiger partial charge in [-0.25, -0.2) is 9.48 Å². The number of aromatic carboxylic acids is 1. The number of hydrogen-bond acceptors (Lipinski definition) is 5. The van der Waals surface area contributed by atoms with Crippen LogP contribution in [0.4, 0.5) is 5.69 Å². The molecule has 0 radical (unpaired) electrons. The number of hydrogen-bond donors (Lipinski definition) is 4. The lowest BCUT2D eigenvalue weighted by atomic mass is 10.2. The number of carboxylic acid groups (broad SMARTS) is 1. The summed E-state index contributed by atoms with van der Waals surface area (Å²) >= 11 is 5.15. The molecule has 4 N–H and O–H groups in total. The van der Waals surface area contributed by atoms with E-state index in [2.05, 4.69) is 20.9 Å². The molecule has 0 spiro atoms. The minimum Gasteiger partial charge on any atom is -0.493 e. The molecule has 1 heterocycles. The maximum Gasteiger partial charge on any atom is 0.335 e. The smallest absolute Gasteiger partial charge is 0.335 e. The monoisotopic (exact) mass is 395 g/mol. The number of hydrazone groups is 1. The van der Waals surface area contributed by atoms with Crippen molar-refractivity contribution in [1.82, 2.24) is 15.2 Å². The molecule has 3 aromatic rings. The van der Waals surface area contributed by atoms with Crippen molar-refractivity contribution in [2.45, 2.75) is 6.92 Å². The van der Waals surface area contributed by atoms with Crippen molar-refractivity contribution < 1.29 is 15.0 Å². The standard InChI is InChI=1S/C19H17N5O3S/c1-12-16(17(25)24(23-12)15-5-3-2-4-6-15)11-20-22-19(28)21-14-9-7-13(8-10-14)18(26)27/h2-11,25H,1H3,(H,26,27)(H2,21,22,28). The van der Waals surface area contributed by atoms with Gasteiger partial charge in [-0.05, 0) is 55.5 Å². The van der Waals surface area contributed by atoms with Gasteiger partial charge in [0.1, 0.15) is 0 Å². The second-order valence-corrected chi connectivity index (χ2v) is 6.18. The van der Waals surface area contributed by atoms with Crippen LogP contribution in [-0.2, 0) is 0 Å².